The molecule has 1 aliphatic heterocycles. The van der Waals surface area contributed by atoms with E-state index in [1.165, 1.54) is 0 Å². The molecule has 0 atom stereocenters. The number of carbonyl (C=O) groups is 1. The van der Waals surface area contributed by atoms with Crippen molar-refractivity contribution >= 4 is 33.3 Å². The Bertz CT molecular complexity index is 653. The van der Waals surface area contributed by atoms with Crippen molar-refractivity contribution in [2.45, 2.75) is 20.8 Å². The number of thiophene rings is 1. The van der Waals surface area contributed by atoms with E-state index in [-0.39, 0.29) is 11.3 Å². The van der Waals surface area contributed by atoms with Crippen molar-refractivity contribution in [3.05, 3.63) is 17.8 Å². The number of carbonyl (C=O) groups excluding carboxylic acids is 1. The van der Waals surface area contributed by atoms with Gasteiger partial charge in [-0.2, -0.15) is 0 Å². The first-order valence-electron chi connectivity index (χ1n) is 7.19. The predicted molar refractivity (Wildman–Crippen MR) is 85.7 cm³/mol. The van der Waals surface area contributed by atoms with Crippen LogP contribution in [0.2, 0.25) is 0 Å². The van der Waals surface area contributed by atoms with Crippen LogP contribution >= 0.6 is 11.3 Å². The van der Waals surface area contributed by atoms with Crippen molar-refractivity contribution in [2.24, 2.45) is 5.41 Å². The second-order valence-electron chi connectivity index (χ2n) is 6.37. The second kappa shape index (κ2) is 5.26. The summed E-state index contributed by atoms with van der Waals surface area (Å²) in [6.45, 7) is 9.08. The largest absolute Gasteiger partial charge is 0.352 e. The molecule has 1 saturated heterocycles. The molecule has 2 aromatic rings. The lowest BCUT2D eigenvalue weighted by Crippen LogP contribution is -2.51. The molecule has 0 N–H and O–H groups in total. The molecule has 1 amide bonds. The molecular weight excluding hydrogens is 284 g/mol. The Morgan fingerprint density at radius 1 is 1.19 bits per heavy atom. The van der Waals surface area contributed by atoms with E-state index < -0.39 is 0 Å². The normalized spacial score (nSPS) is 16.5. The van der Waals surface area contributed by atoms with Gasteiger partial charge in [-0.25, -0.2) is 9.97 Å². The monoisotopic (exact) mass is 304 g/mol. The van der Waals surface area contributed by atoms with Crippen LogP contribution in [0.5, 0.6) is 0 Å². The van der Waals surface area contributed by atoms with Gasteiger partial charge in [0, 0.05) is 31.6 Å². The Hall–Kier alpha value is -1.69. The number of hydrogen-bond acceptors (Lipinski definition) is 5. The maximum Gasteiger partial charge on any atom is 0.228 e. The average molecular weight is 304 g/mol. The molecule has 0 unspecified atom stereocenters. The molecule has 1 fully saturated rings. The van der Waals surface area contributed by atoms with Crippen LogP contribution in [0.15, 0.2) is 17.8 Å². The van der Waals surface area contributed by atoms with Gasteiger partial charge in [-0.15, -0.1) is 11.3 Å². The molecule has 0 aromatic carbocycles. The first kappa shape index (κ1) is 14.3. The number of fused-ring (bicyclic) bond motifs is 1. The van der Waals surface area contributed by atoms with Crippen molar-refractivity contribution in [3.63, 3.8) is 0 Å². The van der Waals surface area contributed by atoms with Crippen LogP contribution in [0.25, 0.3) is 10.2 Å². The minimum atomic E-state index is -0.308. The average Bonchev–Trinajstić information content (AvgIpc) is 2.94. The standard InChI is InChI=1S/C15H20N4OS/c1-15(2,3)14(20)19-7-5-18(6-8-19)12-11-4-9-21-13(11)17-10-16-12/h4,9-10H,5-8H2,1-3H3. The molecule has 0 bridgehead atoms. The third kappa shape index (κ3) is 2.72. The van der Waals surface area contributed by atoms with Gasteiger partial charge < -0.3 is 9.80 Å². The van der Waals surface area contributed by atoms with Crippen molar-refractivity contribution in [2.75, 3.05) is 31.1 Å². The van der Waals surface area contributed by atoms with E-state index in [0.717, 1.165) is 42.2 Å². The Labute approximate surface area is 128 Å². The fraction of sp³-hybridized carbons (Fsp3) is 0.533. The van der Waals surface area contributed by atoms with Crippen molar-refractivity contribution in [3.8, 4) is 0 Å². The van der Waals surface area contributed by atoms with Crippen LogP contribution < -0.4 is 4.90 Å². The number of piperazine rings is 1. The Morgan fingerprint density at radius 2 is 1.90 bits per heavy atom. The molecule has 3 heterocycles. The summed E-state index contributed by atoms with van der Waals surface area (Å²) in [5.41, 5.74) is -0.308. The predicted octanol–water partition coefficient (Wildman–Crippen LogP) is 2.39. The van der Waals surface area contributed by atoms with Gasteiger partial charge in [0.1, 0.15) is 17.0 Å². The first-order valence-corrected chi connectivity index (χ1v) is 8.07. The molecule has 0 radical (unpaired) electrons. The molecule has 6 heteroatoms. The fourth-order valence-electron chi connectivity index (χ4n) is 2.62. The summed E-state index contributed by atoms with van der Waals surface area (Å²) in [5.74, 6) is 1.22. The topological polar surface area (TPSA) is 49.3 Å². The summed E-state index contributed by atoms with van der Waals surface area (Å²) in [4.78, 5) is 26.3. The lowest BCUT2D eigenvalue weighted by atomic mass is 9.94. The Kier molecular flexibility index (Phi) is 3.57. The smallest absolute Gasteiger partial charge is 0.228 e. The number of nitrogens with zero attached hydrogens (tertiary/aromatic N) is 4. The van der Waals surface area contributed by atoms with Gasteiger partial charge in [-0.3, -0.25) is 4.79 Å². The molecular formula is C15H20N4OS. The molecule has 5 nitrogen and oxygen atoms in total. The quantitative estimate of drug-likeness (QED) is 0.811. The highest BCUT2D eigenvalue weighted by Crippen LogP contribution is 2.28. The van der Waals surface area contributed by atoms with Gasteiger partial charge in [0.25, 0.3) is 0 Å². The summed E-state index contributed by atoms with van der Waals surface area (Å²) in [5, 5.41) is 3.15. The SMILES string of the molecule is CC(C)(C)C(=O)N1CCN(c2ncnc3sccc23)CC1. The van der Waals surface area contributed by atoms with Gasteiger partial charge in [-0.05, 0) is 11.4 Å². The van der Waals surface area contributed by atoms with Crippen LogP contribution in [0.1, 0.15) is 20.8 Å². The second-order valence-corrected chi connectivity index (χ2v) is 7.26. The zero-order valence-corrected chi connectivity index (χ0v) is 13.5. The van der Waals surface area contributed by atoms with E-state index in [1.54, 1.807) is 17.7 Å². The zero-order chi connectivity index (χ0) is 15.0. The zero-order valence-electron chi connectivity index (χ0n) is 12.7. The lowest BCUT2D eigenvalue weighted by molar-refractivity contribution is -0.139. The van der Waals surface area contributed by atoms with E-state index in [1.807, 2.05) is 31.1 Å². The lowest BCUT2D eigenvalue weighted by Gasteiger charge is -2.38. The van der Waals surface area contributed by atoms with Crippen LogP contribution in [0.3, 0.4) is 0 Å². The van der Waals surface area contributed by atoms with E-state index in [4.69, 9.17) is 0 Å². The summed E-state index contributed by atoms with van der Waals surface area (Å²) >= 11 is 1.63. The number of hydrogen-bond donors (Lipinski definition) is 0. The Balaban J connectivity index is 1.74. The summed E-state index contributed by atoms with van der Waals surface area (Å²) in [7, 11) is 0. The first-order chi connectivity index (χ1) is 9.97. The summed E-state index contributed by atoms with van der Waals surface area (Å²) in [6.07, 6.45) is 1.63. The van der Waals surface area contributed by atoms with E-state index in [9.17, 15) is 4.79 Å². The van der Waals surface area contributed by atoms with Gasteiger partial charge in [-0.1, -0.05) is 20.8 Å². The number of aromatic nitrogens is 2. The Morgan fingerprint density at radius 3 is 2.57 bits per heavy atom. The van der Waals surface area contributed by atoms with Gasteiger partial charge in [0.05, 0.1) is 5.39 Å². The van der Waals surface area contributed by atoms with Gasteiger partial charge >= 0.3 is 0 Å². The molecule has 0 saturated carbocycles. The number of amides is 1. The fourth-order valence-corrected chi connectivity index (χ4v) is 3.35. The van der Waals surface area contributed by atoms with E-state index >= 15 is 0 Å². The minimum absolute atomic E-state index is 0.227. The number of rotatable bonds is 1. The van der Waals surface area contributed by atoms with Crippen LogP contribution in [-0.4, -0.2) is 47.0 Å². The third-order valence-corrected chi connectivity index (χ3v) is 4.57. The molecule has 112 valence electrons. The highest BCUT2D eigenvalue weighted by atomic mass is 32.1. The van der Waals surface area contributed by atoms with Gasteiger partial charge in [0.2, 0.25) is 5.91 Å². The molecule has 1 aliphatic rings. The molecule has 0 aliphatic carbocycles. The molecule has 2 aromatic heterocycles. The maximum absolute atomic E-state index is 12.3. The van der Waals surface area contributed by atoms with Crippen molar-refractivity contribution < 1.29 is 4.79 Å². The van der Waals surface area contributed by atoms with Crippen LogP contribution in [0, 0.1) is 5.41 Å². The molecule has 0 spiro atoms. The minimum Gasteiger partial charge on any atom is -0.352 e. The van der Waals surface area contributed by atoms with Crippen LogP contribution in [-0.2, 0) is 4.79 Å². The van der Waals surface area contributed by atoms with Crippen molar-refractivity contribution in [1.29, 1.82) is 0 Å². The maximum atomic E-state index is 12.3. The molecule has 21 heavy (non-hydrogen) atoms. The van der Waals surface area contributed by atoms with Crippen LogP contribution in [0.4, 0.5) is 5.82 Å². The van der Waals surface area contributed by atoms with Gasteiger partial charge in [0.15, 0.2) is 0 Å². The number of anilines is 1. The van der Waals surface area contributed by atoms with E-state index in [2.05, 4.69) is 20.9 Å². The molecule has 3 rings (SSSR count). The van der Waals surface area contributed by atoms with E-state index in [0.29, 0.717) is 0 Å². The summed E-state index contributed by atoms with van der Waals surface area (Å²) in [6, 6.07) is 2.07. The highest BCUT2D eigenvalue weighted by Gasteiger charge is 2.30. The third-order valence-electron chi connectivity index (χ3n) is 3.75. The summed E-state index contributed by atoms with van der Waals surface area (Å²) < 4.78 is 0. The highest BCUT2D eigenvalue weighted by molar-refractivity contribution is 7.16. The van der Waals surface area contributed by atoms with Crippen molar-refractivity contribution in [1.82, 2.24) is 14.9 Å².